The van der Waals surface area contributed by atoms with Gasteiger partial charge in [0, 0.05) is 26.1 Å². The summed E-state index contributed by atoms with van der Waals surface area (Å²) in [7, 11) is 0. The number of hydrogen-bond acceptors (Lipinski definition) is 5. The number of rotatable bonds is 14. The van der Waals surface area contributed by atoms with Gasteiger partial charge in [-0.25, -0.2) is 0 Å². The van der Waals surface area contributed by atoms with Crippen LogP contribution in [0.4, 0.5) is 0 Å². The second kappa shape index (κ2) is 14.8. The molecular weight excluding hydrogens is 504 g/mol. The van der Waals surface area contributed by atoms with Gasteiger partial charge in [0.2, 0.25) is 11.8 Å². The Labute approximate surface area is 237 Å². The first-order valence-corrected chi connectivity index (χ1v) is 14.7. The number of fused-ring (bicyclic) bond motifs is 1. The lowest BCUT2D eigenvalue weighted by molar-refractivity contribution is -0.142. The Morgan fingerprint density at radius 1 is 0.950 bits per heavy atom. The molecule has 7 heteroatoms. The molecular formula is C33H42N2O5. The van der Waals surface area contributed by atoms with Gasteiger partial charge < -0.3 is 19.0 Å². The summed E-state index contributed by atoms with van der Waals surface area (Å²) in [6, 6.07) is 15.2. The van der Waals surface area contributed by atoms with Crippen LogP contribution in [0.3, 0.4) is 0 Å². The van der Waals surface area contributed by atoms with Gasteiger partial charge >= 0.3 is 0 Å². The van der Waals surface area contributed by atoms with E-state index < -0.39 is 0 Å². The van der Waals surface area contributed by atoms with E-state index in [0.29, 0.717) is 42.6 Å². The van der Waals surface area contributed by atoms with Gasteiger partial charge in [-0.15, -0.1) is 0 Å². The lowest BCUT2D eigenvalue weighted by Gasteiger charge is -2.29. The first-order chi connectivity index (χ1) is 19.4. The molecule has 1 atom stereocenters. The third-order valence-corrected chi connectivity index (χ3v) is 7.55. The van der Waals surface area contributed by atoms with E-state index in [1.54, 1.807) is 15.9 Å². The van der Waals surface area contributed by atoms with Gasteiger partial charge in [0.15, 0.2) is 5.43 Å². The van der Waals surface area contributed by atoms with Crippen LogP contribution in [0, 0.1) is 6.92 Å². The Kier molecular flexibility index (Phi) is 10.9. The number of amides is 2. The highest BCUT2D eigenvalue weighted by molar-refractivity contribution is 5.85. The maximum Gasteiger partial charge on any atom is 0.242 e. The average molecular weight is 547 g/mol. The minimum Gasteiger partial charge on any atom is -0.464 e. The summed E-state index contributed by atoms with van der Waals surface area (Å²) in [6.45, 7) is 5.58. The fourth-order valence-electron chi connectivity index (χ4n) is 5.23. The highest BCUT2D eigenvalue weighted by Crippen LogP contribution is 2.18. The number of benzene rings is 2. The predicted molar refractivity (Wildman–Crippen MR) is 157 cm³/mol. The molecule has 3 aromatic rings. The van der Waals surface area contributed by atoms with Crippen LogP contribution in [0.15, 0.2) is 64.0 Å². The zero-order valence-electron chi connectivity index (χ0n) is 23.9. The van der Waals surface area contributed by atoms with Crippen molar-refractivity contribution < 1.29 is 18.7 Å². The average Bonchev–Trinajstić information content (AvgIpc) is 3.47. The van der Waals surface area contributed by atoms with Crippen molar-refractivity contribution in [3.63, 3.8) is 0 Å². The molecule has 0 saturated carbocycles. The van der Waals surface area contributed by atoms with E-state index >= 15 is 0 Å². The molecule has 0 spiro atoms. The zero-order valence-corrected chi connectivity index (χ0v) is 23.9. The molecule has 0 aliphatic carbocycles. The predicted octanol–water partition coefficient (Wildman–Crippen LogP) is 6.00. The largest absolute Gasteiger partial charge is 0.464 e. The van der Waals surface area contributed by atoms with E-state index in [4.69, 9.17) is 9.15 Å². The van der Waals surface area contributed by atoms with Crippen LogP contribution in [0.2, 0.25) is 0 Å². The van der Waals surface area contributed by atoms with Crippen molar-refractivity contribution in [3.05, 3.63) is 81.7 Å². The minimum absolute atomic E-state index is 0.0132. The highest BCUT2D eigenvalue weighted by Gasteiger charge is 2.27. The first-order valence-electron chi connectivity index (χ1n) is 14.7. The van der Waals surface area contributed by atoms with Crippen LogP contribution >= 0.6 is 0 Å². The Morgan fingerprint density at radius 2 is 1.75 bits per heavy atom. The molecule has 1 saturated heterocycles. The van der Waals surface area contributed by atoms with Crippen LogP contribution in [0.5, 0.6) is 0 Å². The van der Waals surface area contributed by atoms with Gasteiger partial charge in [-0.1, -0.05) is 74.6 Å². The Bertz CT molecular complexity index is 1310. The molecule has 214 valence electrons. The van der Waals surface area contributed by atoms with Crippen LogP contribution in [0.25, 0.3) is 11.0 Å². The number of carbonyl (C=O) groups is 2. The van der Waals surface area contributed by atoms with Gasteiger partial charge in [0.05, 0.1) is 36.4 Å². The molecule has 0 radical (unpaired) electrons. The molecule has 1 unspecified atom stereocenters. The van der Waals surface area contributed by atoms with E-state index in [9.17, 15) is 14.4 Å². The molecule has 2 amide bonds. The molecule has 1 fully saturated rings. The zero-order chi connectivity index (χ0) is 28.3. The molecule has 2 aromatic carbocycles. The second-order valence-electron chi connectivity index (χ2n) is 10.9. The number of nitrogens with zero attached hydrogens (tertiary/aromatic N) is 2. The summed E-state index contributed by atoms with van der Waals surface area (Å²) in [5.74, 6) is -0.217. The summed E-state index contributed by atoms with van der Waals surface area (Å²) >= 11 is 0. The van der Waals surface area contributed by atoms with Gasteiger partial charge in [-0.05, 0) is 43.9 Å². The Hall–Kier alpha value is -3.45. The van der Waals surface area contributed by atoms with Gasteiger partial charge in [0.1, 0.15) is 5.58 Å². The second-order valence-corrected chi connectivity index (χ2v) is 10.9. The SMILES string of the molecule is CCCCCCCC(=O)N(CC(=O)N(Cc1ccccc1)Cc1coc2ccc(C)cc2c1=O)CC1CCCO1. The van der Waals surface area contributed by atoms with Crippen LogP contribution < -0.4 is 5.43 Å². The number of hydrogen-bond donors (Lipinski definition) is 0. The number of carbonyl (C=O) groups excluding carboxylic acids is 2. The van der Waals surface area contributed by atoms with Crippen molar-refractivity contribution in [2.75, 3.05) is 19.7 Å². The molecule has 1 aliphatic heterocycles. The quantitative estimate of drug-likeness (QED) is 0.232. The Morgan fingerprint density at radius 3 is 2.50 bits per heavy atom. The van der Waals surface area contributed by atoms with Crippen molar-refractivity contribution in [2.45, 2.75) is 84.4 Å². The molecule has 4 rings (SSSR count). The summed E-state index contributed by atoms with van der Waals surface area (Å²) in [5, 5.41) is 0.503. The third-order valence-electron chi connectivity index (χ3n) is 7.55. The number of unbranched alkanes of at least 4 members (excludes halogenated alkanes) is 4. The molecule has 1 aliphatic rings. The standard InChI is InChI=1S/C33H42N2O5/c1-3-4-5-6-10-15-31(36)35(22-28-14-11-18-39-28)23-32(37)34(20-26-12-8-7-9-13-26)21-27-24-40-30-17-16-25(2)19-29(30)33(27)38/h7-9,12-13,16-17,19,24,28H,3-6,10-11,14-15,18,20-23H2,1-2H3. The minimum atomic E-state index is -0.204. The summed E-state index contributed by atoms with van der Waals surface area (Å²) in [4.78, 5) is 43.8. The molecule has 7 nitrogen and oxygen atoms in total. The lowest BCUT2D eigenvalue weighted by atomic mass is 10.1. The summed E-state index contributed by atoms with van der Waals surface area (Å²) in [6.07, 6.45) is 8.96. The molecule has 0 bridgehead atoms. The van der Waals surface area contributed by atoms with E-state index in [1.807, 2.05) is 49.4 Å². The van der Waals surface area contributed by atoms with Crippen molar-refractivity contribution in [1.29, 1.82) is 0 Å². The van der Waals surface area contributed by atoms with Crippen molar-refractivity contribution in [3.8, 4) is 0 Å². The molecule has 2 heterocycles. The Balaban J connectivity index is 1.54. The molecule has 1 aromatic heterocycles. The normalized spacial score (nSPS) is 14.9. The smallest absolute Gasteiger partial charge is 0.242 e. The van der Waals surface area contributed by atoms with Crippen LogP contribution in [-0.2, 0) is 27.4 Å². The van der Waals surface area contributed by atoms with Gasteiger partial charge in [-0.3, -0.25) is 14.4 Å². The first kappa shape index (κ1) is 29.5. The topological polar surface area (TPSA) is 80.1 Å². The lowest BCUT2D eigenvalue weighted by Crippen LogP contribution is -2.45. The third kappa shape index (κ3) is 8.28. The van der Waals surface area contributed by atoms with Gasteiger partial charge in [-0.2, -0.15) is 0 Å². The monoisotopic (exact) mass is 546 g/mol. The molecule has 40 heavy (non-hydrogen) atoms. The van der Waals surface area contributed by atoms with E-state index in [2.05, 4.69) is 6.92 Å². The van der Waals surface area contributed by atoms with Gasteiger partial charge in [0.25, 0.3) is 0 Å². The molecule has 0 N–H and O–H groups in total. The highest BCUT2D eigenvalue weighted by atomic mass is 16.5. The number of aryl methyl sites for hydroxylation is 1. The van der Waals surface area contributed by atoms with Crippen molar-refractivity contribution >= 4 is 22.8 Å². The maximum atomic E-state index is 13.8. The fraction of sp³-hybridized carbons (Fsp3) is 0.485. The summed E-state index contributed by atoms with van der Waals surface area (Å²) in [5.41, 5.74) is 2.70. The van der Waals surface area contributed by atoms with E-state index in [-0.39, 0.29) is 36.4 Å². The van der Waals surface area contributed by atoms with E-state index in [1.165, 1.54) is 12.7 Å². The van der Waals surface area contributed by atoms with Crippen molar-refractivity contribution in [1.82, 2.24) is 9.80 Å². The maximum absolute atomic E-state index is 13.8. The van der Waals surface area contributed by atoms with Crippen LogP contribution in [-0.4, -0.2) is 47.4 Å². The van der Waals surface area contributed by atoms with Crippen molar-refractivity contribution in [2.24, 2.45) is 0 Å². The number of ether oxygens (including phenoxy) is 1. The summed E-state index contributed by atoms with van der Waals surface area (Å²) < 4.78 is 11.6. The van der Waals surface area contributed by atoms with Crippen LogP contribution in [0.1, 0.15) is 75.0 Å². The fourth-order valence-corrected chi connectivity index (χ4v) is 5.23. The van der Waals surface area contributed by atoms with E-state index in [0.717, 1.165) is 49.7 Å².